The van der Waals surface area contributed by atoms with Crippen molar-refractivity contribution in [2.45, 2.75) is 36.2 Å². The Bertz CT molecular complexity index is 321. The third-order valence-corrected chi connectivity index (χ3v) is 3.71. The van der Waals surface area contributed by atoms with Crippen LogP contribution in [0.5, 0.6) is 0 Å². The molecule has 1 aliphatic rings. The highest BCUT2D eigenvalue weighted by atomic mass is 79.9. The van der Waals surface area contributed by atoms with E-state index in [1.165, 1.54) is 18.5 Å². The third-order valence-electron chi connectivity index (χ3n) is 2.57. The number of alkyl halides is 2. The van der Waals surface area contributed by atoms with Crippen LogP contribution in [0.25, 0.3) is 0 Å². The molecule has 0 N–H and O–H groups in total. The lowest BCUT2D eigenvalue weighted by atomic mass is 10.2. The van der Waals surface area contributed by atoms with E-state index in [1.807, 2.05) is 4.68 Å². The molecule has 2 rings (SSSR count). The Morgan fingerprint density at radius 2 is 2.27 bits per heavy atom. The minimum atomic E-state index is 0.138. The van der Waals surface area contributed by atoms with Gasteiger partial charge >= 0.3 is 0 Å². The number of nitrogens with zero attached hydrogens (tertiary/aromatic N) is 2. The SMILES string of the molecule is BrCc1cc(CBr)n([C@@H]2CCCCO2)n1. The standard InChI is InChI=1S/C10H14Br2N2O/c11-6-8-5-9(7-12)14(13-8)10-3-1-2-4-15-10/h5,10H,1-4,6-7H2/t10-/m0/s1. The molecule has 1 atom stereocenters. The molecule has 0 bridgehead atoms. The molecule has 84 valence electrons. The van der Waals surface area contributed by atoms with Crippen molar-refractivity contribution in [1.29, 1.82) is 0 Å². The van der Waals surface area contributed by atoms with E-state index >= 15 is 0 Å². The van der Waals surface area contributed by atoms with Crippen molar-refractivity contribution in [3.63, 3.8) is 0 Å². The monoisotopic (exact) mass is 336 g/mol. The van der Waals surface area contributed by atoms with Gasteiger partial charge in [0.1, 0.15) is 6.23 Å². The molecule has 0 saturated carbocycles. The van der Waals surface area contributed by atoms with E-state index in [0.29, 0.717) is 0 Å². The van der Waals surface area contributed by atoms with Gasteiger partial charge < -0.3 is 4.74 Å². The first kappa shape index (κ1) is 11.6. The van der Waals surface area contributed by atoms with Crippen LogP contribution in [-0.4, -0.2) is 16.4 Å². The van der Waals surface area contributed by atoms with Crippen molar-refractivity contribution in [3.8, 4) is 0 Å². The average Bonchev–Trinajstić information content (AvgIpc) is 2.73. The Morgan fingerprint density at radius 3 is 2.87 bits per heavy atom. The van der Waals surface area contributed by atoms with Crippen LogP contribution in [0.2, 0.25) is 0 Å². The van der Waals surface area contributed by atoms with Crippen molar-refractivity contribution >= 4 is 31.9 Å². The molecule has 1 aromatic rings. The van der Waals surface area contributed by atoms with Crippen molar-refractivity contribution in [1.82, 2.24) is 9.78 Å². The Kier molecular flexibility index (Phi) is 4.22. The molecule has 0 aliphatic carbocycles. The second kappa shape index (κ2) is 5.46. The molecular formula is C10H14Br2N2O. The van der Waals surface area contributed by atoms with Gasteiger partial charge in [-0.25, -0.2) is 4.68 Å². The summed E-state index contributed by atoms with van der Waals surface area (Å²) < 4.78 is 7.75. The van der Waals surface area contributed by atoms with Gasteiger partial charge in [0.25, 0.3) is 0 Å². The molecule has 5 heteroatoms. The van der Waals surface area contributed by atoms with Crippen LogP contribution in [0, 0.1) is 0 Å². The molecule has 0 amide bonds. The fraction of sp³-hybridized carbons (Fsp3) is 0.700. The molecule has 1 saturated heterocycles. The quantitative estimate of drug-likeness (QED) is 0.791. The molecule has 1 aliphatic heterocycles. The van der Waals surface area contributed by atoms with Gasteiger partial charge in [-0.15, -0.1) is 0 Å². The summed E-state index contributed by atoms with van der Waals surface area (Å²) in [6.07, 6.45) is 3.62. The summed E-state index contributed by atoms with van der Waals surface area (Å²) in [4.78, 5) is 0. The molecule has 0 unspecified atom stereocenters. The zero-order chi connectivity index (χ0) is 10.7. The number of rotatable bonds is 3. The van der Waals surface area contributed by atoms with E-state index in [-0.39, 0.29) is 6.23 Å². The van der Waals surface area contributed by atoms with Crippen LogP contribution in [0.1, 0.15) is 36.9 Å². The predicted molar refractivity (Wildman–Crippen MR) is 66.3 cm³/mol. The summed E-state index contributed by atoms with van der Waals surface area (Å²) >= 11 is 6.91. The van der Waals surface area contributed by atoms with E-state index in [2.05, 4.69) is 43.0 Å². The summed E-state index contributed by atoms with van der Waals surface area (Å²) in [6, 6.07) is 2.11. The van der Waals surface area contributed by atoms with E-state index in [1.54, 1.807) is 0 Å². The highest BCUT2D eigenvalue weighted by Gasteiger charge is 2.19. The predicted octanol–water partition coefficient (Wildman–Crippen LogP) is 3.37. The number of hydrogen-bond donors (Lipinski definition) is 0. The average molecular weight is 338 g/mol. The molecule has 3 nitrogen and oxygen atoms in total. The van der Waals surface area contributed by atoms with Gasteiger partial charge in [0.15, 0.2) is 0 Å². The molecule has 1 aromatic heterocycles. The van der Waals surface area contributed by atoms with Gasteiger partial charge in [0, 0.05) is 17.3 Å². The summed E-state index contributed by atoms with van der Waals surface area (Å²) in [5.74, 6) is 0. The van der Waals surface area contributed by atoms with Crippen LogP contribution in [-0.2, 0) is 15.4 Å². The summed E-state index contributed by atoms with van der Waals surface area (Å²) in [5.41, 5.74) is 2.26. The van der Waals surface area contributed by atoms with Crippen molar-refractivity contribution in [2.24, 2.45) is 0 Å². The fourth-order valence-electron chi connectivity index (χ4n) is 1.82. The normalized spacial score (nSPS) is 21.9. The lowest BCUT2D eigenvalue weighted by molar-refractivity contribution is -0.0408. The van der Waals surface area contributed by atoms with E-state index in [0.717, 1.165) is 29.4 Å². The number of hydrogen-bond acceptors (Lipinski definition) is 2. The second-order valence-electron chi connectivity index (χ2n) is 3.66. The molecular weight excluding hydrogens is 324 g/mol. The topological polar surface area (TPSA) is 27.1 Å². The summed E-state index contributed by atoms with van der Waals surface area (Å²) in [7, 11) is 0. The van der Waals surface area contributed by atoms with Crippen LogP contribution >= 0.6 is 31.9 Å². The van der Waals surface area contributed by atoms with Crippen molar-refractivity contribution in [2.75, 3.05) is 6.61 Å². The molecule has 15 heavy (non-hydrogen) atoms. The minimum Gasteiger partial charge on any atom is -0.357 e. The number of halogens is 2. The lowest BCUT2D eigenvalue weighted by Crippen LogP contribution is -2.20. The van der Waals surface area contributed by atoms with Gasteiger partial charge in [-0.1, -0.05) is 31.9 Å². The maximum absolute atomic E-state index is 5.73. The second-order valence-corrected chi connectivity index (χ2v) is 4.78. The molecule has 0 aromatic carbocycles. The maximum Gasteiger partial charge on any atom is 0.150 e. The smallest absolute Gasteiger partial charge is 0.150 e. The third kappa shape index (κ3) is 2.63. The Balaban J connectivity index is 2.20. The highest BCUT2D eigenvalue weighted by Crippen LogP contribution is 2.25. The molecule has 0 spiro atoms. The first-order valence-corrected chi connectivity index (χ1v) is 7.40. The van der Waals surface area contributed by atoms with Crippen molar-refractivity contribution in [3.05, 3.63) is 17.5 Å². The van der Waals surface area contributed by atoms with Crippen LogP contribution in [0.4, 0.5) is 0 Å². The highest BCUT2D eigenvalue weighted by molar-refractivity contribution is 9.08. The summed E-state index contributed by atoms with van der Waals surface area (Å²) in [5, 5.41) is 6.16. The zero-order valence-corrected chi connectivity index (χ0v) is 11.6. The van der Waals surface area contributed by atoms with Crippen molar-refractivity contribution < 1.29 is 4.74 Å². The summed E-state index contributed by atoms with van der Waals surface area (Å²) in [6.45, 7) is 0.857. The van der Waals surface area contributed by atoms with Gasteiger partial charge in [-0.2, -0.15) is 5.10 Å². The lowest BCUT2D eigenvalue weighted by Gasteiger charge is -2.24. The minimum absolute atomic E-state index is 0.138. The molecule has 1 fully saturated rings. The van der Waals surface area contributed by atoms with Gasteiger partial charge in [-0.3, -0.25) is 0 Å². The first-order valence-electron chi connectivity index (χ1n) is 5.16. The van der Waals surface area contributed by atoms with E-state index < -0.39 is 0 Å². The number of aromatic nitrogens is 2. The van der Waals surface area contributed by atoms with Gasteiger partial charge in [0.05, 0.1) is 11.4 Å². The number of ether oxygens (including phenoxy) is 1. The largest absolute Gasteiger partial charge is 0.357 e. The van der Waals surface area contributed by atoms with Gasteiger partial charge in [0.2, 0.25) is 0 Å². The van der Waals surface area contributed by atoms with Gasteiger partial charge in [-0.05, 0) is 25.3 Å². The van der Waals surface area contributed by atoms with Crippen LogP contribution in [0.3, 0.4) is 0 Å². The maximum atomic E-state index is 5.73. The van der Waals surface area contributed by atoms with Crippen LogP contribution < -0.4 is 0 Å². The Hall–Kier alpha value is 0.130. The Labute approximate surface area is 106 Å². The zero-order valence-electron chi connectivity index (χ0n) is 8.46. The van der Waals surface area contributed by atoms with Crippen LogP contribution in [0.15, 0.2) is 6.07 Å². The molecule has 2 heterocycles. The van der Waals surface area contributed by atoms with E-state index in [9.17, 15) is 0 Å². The Morgan fingerprint density at radius 1 is 1.40 bits per heavy atom. The van der Waals surface area contributed by atoms with E-state index in [4.69, 9.17) is 4.74 Å². The molecule has 0 radical (unpaired) electrons. The fourth-order valence-corrected chi connectivity index (χ4v) is 2.51. The first-order chi connectivity index (χ1) is 7.35.